The lowest BCUT2D eigenvalue weighted by molar-refractivity contribution is -0.384. The summed E-state index contributed by atoms with van der Waals surface area (Å²) in [5.41, 5.74) is 0.461. The summed E-state index contributed by atoms with van der Waals surface area (Å²) in [5.74, 6) is 0.0977. The lowest BCUT2D eigenvalue weighted by Gasteiger charge is -2.07. The molecule has 0 fully saturated rings. The molecule has 0 bridgehead atoms. The van der Waals surface area contributed by atoms with E-state index in [1.54, 1.807) is 0 Å². The van der Waals surface area contributed by atoms with E-state index in [1.807, 2.05) is 0 Å². The SMILES string of the molecule is COc1ccc(S(=O)(=O)NCCC(=O)Nc2nc3ccc([N+](=O)[O-])cc3s2)cc1. The van der Waals surface area contributed by atoms with Gasteiger partial charge in [-0.3, -0.25) is 14.9 Å². The molecule has 0 saturated carbocycles. The van der Waals surface area contributed by atoms with Gasteiger partial charge < -0.3 is 10.1 Å². The van der Waals surface area contributed by atoms with Crippen molar-refractivity contribution < 1.29 is 22.9 Å². The number of aromatic nitrogens is 1. The molecule has 0 radical (unpaired) electrons. The number of rotatable bonds is 8. The van der Waals surface area contributed by atoms with Gasteiger partial charge in [-0.25, -0.2) is 18.1 Å². The van der Waals surface area contributed by atoms with Crippen molar-refractivity contribution in [3.63, 3.8) is 0 Å². The number of benzene rings is 2. The molecule has 0 aliphatic carbocycles. The third kappa shape index (κ3) is 5.04. The molecule has 3 aromatic rings. The van der Waals surface area contributed by atoms with Gasteiger partial charge in [0, 0.05) is 25.1 Å². The maximum absolute atomic E-state index is 12.2. The van der Waals surface area contributed by atoms with Crippen molar-refractivity contribution in [3.05, 3.63) is 52.6 Å². The second-order valence-electron chi connectivity index (χ2n) is 5.80. The molecule has 2 aromatic carbocycles. The minimum atomic E-state index is -3.75. The van der Waals surface area contributed by atoms with E-state index in [-0.39, 0.29) is 28.7 Å². The number of nitro benzene ring substituents is 1. The van der Waals surface area contributed by atoms with Crippen LogP contribution in [-0.4, -0.2) is 37.9 Å². The number of nitrogens with one attached hydrogen (secondary N) is 2. The number of amides is 1. The Labute approximate surface area is 169 Å². The van der Waals surface area contributed by atoms with Crippen molar-refractivity contribution in [2.75, 3.05) is 19.0 Å². The molecule has 152 valence electrons. The summed E-state index contributed by atoms with van der Waals surface area (Å²) in [4.78, 5) is 26.6. The van der Waals surface area contributed by atoms with Gasteiger partial charge in [0.25, 0.3) is 5.69 Å². The molecule has 0 atom stereocenters. The topological polar surface area (TPSA) is 141 Å². The van der Waals surface area contributed by atoms with Crippen LogP contribution in [0.5, 0.6) is 5.75 Å². The van der Waals surface area contributed by atoms with Crippen LogP contribution >= 0.6 is 11.3 Å². The van der Waals surface area contributed by atoms with Crippen molar-refractivity contribution in [1.29, 1.82) is 0 Å². The molecule has 0 spiro atoms. The molecular formula is C17H16N4O6S2. The summed E-state index contributed by atoms with van der Waals surface area (Å²) in [7, 11) is -2.27. The summed E-state index contributed by atoms with van der Waals surface area (Å²) < 4.78 is 32.4. The Morgan fingerprint density at radius 2 is 1.97 bits per heavy atom. The number of methoxy groups -OCH3 is 1. The first-order valence-electron chi connectivity index (χ1n) is 8.27. The summed E-state index contributed by atoms with van der Waals surface area (Å²) in [5, 5.41) is 13.7. The number of hydrogen-bond donors (Lipinski definition) is 2. The highest BCUT2D eigenvalue weighted by Gasteiger charge is 2.15. The van der Waals surface area contributed by atoms with Gasteiger partial charge in [0.05, 0.1) is 27.1 Å². The molecule has 0 aliphatic heterocycles. The van der Waals surface area contributed by atoms with E-state index in [4.69, 9.17) is 4.74 Å². The fourth-order valence-electron chi connectivity index (χ4n) is 2.40. The average molecular weight is 436 g/mol. The van der Waals surface area contributed by atoms with E-state index >= 15 is 0 Å². The van der Waals surface area contributed by atoms with Gasteiger partial charge in [0.2, 0.25) is 15.9 Å². The van der Waals surface area contributed by atoms with E-state index in [2.05, 4.69) is 15.0 Å². The minimum absolute atomic E-state index is 0.0616. The number of fused-ring (bicyclic) bond motifs is 1. The number of nitrogens with zero attached hydrogens (tertiary/aromatic N) is 2. The highest BCUT2D eigenvalue weighted by molar-refractivity contribution is 7.89. The van der Waals surface area contributed by atoms with Crippen molar-refractivity contribution in [2.45, 2.75) is 11.3 Å². The zero-order chi connectivity index (χ0) is 21.0. The van der Waals surface area contributed by atoms with Crippen molar-refractivity contribution in [1.82, 2.24) is 9.71 Å². The van der Waals surface area contributed by atoms with Crippen LogP contribution in [0, 0.1) is 10.1 Å². The number of carbonyl (C=O) groups is 1. The van der Waals surface area contributed by atoms with Crippen LogP contribution in [0.15, 0.2) is 47.4 Å². The van der Waals surface area contributed by atoms with Crippen molar-refractivity contribution in [3.8, 4) is 5.75 Å². The first-order chi connectivity index (χ1) is 13.8. The minimum Gasteiger partial charge on any atom is -0.497 e. The highest BCUT2D eigenvalue weighted by atomic mass is 32.2. The average Bonchev–Trinajstić information content (AvgIpc) is 3.09. The van der Waals surface area contributed by atoms with Crippen LogP contribution in [0.4, 0.5) is 10.8 Å². The molecular weight excluding hydrogens is 420 g/mol. The van der Waals surface area contributed by atoms with Gasteiger partial charge in [-0.05, 0) is 30.3 Å². The Hall–Kier alpha value is -3.09. The second-order valence-corrected chi connectivity index (χ2v) is 8.60. The molecule has 2 N–H and O–H groups in total. The van der Waals surface area contributed by atoms with Gasteiger partial charge >= 0.3 is 0 Å². The Morgan fingerprint density at radius 1 is 1.24 bits per heavy atom. The van der Waals surface area contributed by atoms with Crippen LogP contribution in [0.3, 0.4) is 0 Å². The van der Waals surface area contributed by atoms with E-state index < -0.39 is 20.9 Å². The Bertz CT molecular complexity index is 1160. The quantitative estimate of drug-likeness (QED) is 0.408. The van der Waals surface area contributed by atoms with Crippen LogP contribution in [0.2, 0.25) is 0 Å². The summed E-state index contributed by atoms with van der Waals surface area (Å²) in [6, 6.07) is 10.1. The standard InChI is InChI=1S/C17H16N4O6S2/c1-27-12-3-5-13(6-4-12)29(25,26)18-9-8-16(22)20-17-19-14-7-2-11(21(23)24)10-15(14)28-17/h2-7,10,18H,8-9H2,1H3,(H,19,20,22). The van der Waals surface area contributed by atoms with Gasteiger partial charge in [0.15, 0.2) is 5.13 Å². The Kier molecular flexibility index (Phi) is 6.06. The number of hydrogen-bond acceptors (Lipinski definition) is 8. The number of carbonyl (C=O) groups excluding carboxylic acids is 1. The van der Waals surface area contributed by atoms with Crippen LogP contribution in [-0.2, 0) is 14.8 Å². The zero-order valence-electron chi connectivity index (χ0n) is 15.1. The van der Waals surface area contributed by atoms with Crippen LogP contribution in [0.1, 0.15) is 6.42 Å². The van der Waals surface area contributed by atoms with Crippen LogP contribution in [0.25, 0.3) is 10.2 Å². The van der Waals surface area contributed by atoms with Crippen molar-refractivity contribution >= 4 is 48.3 Å². The number of sulfonamides is 1. The fraction of sp³-hybridized carbons (Fsp3) is 0.176. The van der Waals surface area contributed by atoms with E-state index in [9.17, 15) is 23.3 Å². The lowest BCUT2D eigenvalue weighted by Crippen LogP contribution is -2.27. The Morgan fingerprint density at radius 3 is 2.62 bits per heavy atom. The number of ether oxygens (including phenoxy) is 1. The van der Waals surface area contributed by atoms with E-state index in [1.165, 1.54) is 49.6 Å². The molecule has 0 unspecified atom stereocenters. The maximum Gasteiger partial charge on any atom is 0.270 e. The van der Waals surface area contributed by atoms with Gasteiger partial charge in [-0.15, -0.1) is 0 Å². The molecule has 29 heavy (non-hydrogen) atoms. The molecule has 1 aromatic heterocycles. The Balaban J connectivity index is 1.56. The number of thiazole rings is 1. The summed E-state index contributed by atoms with van der Waals surface area (Å²) >= 11 is 1.10. The fourth-order valence-corrected chi connectivity index (χ4v) is 4.35. The molecule has 0 saturated heterocycles. The summed E-state index contributed by atoms with van der Waals surface area (Å²) in [6.45, 7) is -0.101. The number of non-ortho nitro benzene ring substituents is 1. The molecule has 10 nitrogen and oxygen atoms in total. The van der Waals surface area contributed by atoms with Gasteiger partial charge in [-0.2, -0.15) is 0 Å². The molecule has 3 rings (SSSR count). The monoisotopic (exact) mass is 436 g/mol. The molecule has 1 amide bonds. The second kappa shape index (κ2) is 8.51. The largest absolute Gasteiger partial charge is 0.497 e. The predicted molar refractivity (Wildman–Crippen MR) is 108 cm³/mol. The third-order valence-corrected chi connectivity index (χ3v) is 6.25. The number of nitro groups is 1. The summed E-state index contributed by atoms with van der Waals surface area (Å²) in [6.07, 6.45) is -0.106. The van der Waals surface area contributed by atoms with E-state index in [0.717, 1.165) is 11.3 Å². The zero-order valence-corrected chi connectivity index (χ0v) is 16.7. The normalized spacial score (nSPS) is 11.3. The van der Waals surface area contributed by atoms with Crippen molar-refractivity contribution in [2.24, 2.45) is 0 Å². The molecule has 12 heteroatoms. The maximum atomic E-state index is 12.2. The predicted octanol–water partition coefficient (Wildman–Crippen LogP) is 2.52. The number of anilines is 1. The first-order valence-corrected chi connectivity index (χ1v) is 10.6. The first kappa shape index (κ1) is 20.6. The molecule has 1 heterocycles. The van der Waals surface area contributed by atoms with Gasteiger partial charge in [-0.1, -0.05) is 11.3 Å². The van der Waals surface area contributed by atoms with Gasteiger partial charge in [0.1, 0.15) is 5.75 Å². The third-order valence-electron chi connectivity index (χ3n) is 3.84. The molecule has 0 aliphatic rings. The van der Waals surface area contributed by atoms with E-state index in [0.29, 0.717) is 16.0 Å². The highest BCUT2D eigenvalue weighted by Crippen LogP contribution is 2.29. The van der Waals surface area contributed by atoms with Crippen LogP contribution < -0.4 is 14.8 Å². The lowest BCUT2D eigenvalue weighted by atomic mass is 10.3. The smallest absolute Gasteiger partial charge is 0.270 e.